The van der Waals surface area contributed by atoms with Gasteiger partial charge in [0, 0.05) is 73.0 Å². The van der Waals surface area contributed by atoms with E-state index in [0.29, 0.717) is 25.0 Å². The lowest BCUT2D eigenvalue weighted by molar-refractivity contribution is -0.139. The number of likely N-dealkylation sites (tertiary alicyclic amines) is 3. The molecule has 3 amide bonds. The van der Waals surface area contributed by atoms with Crippen LogP contribution in [0.2, 0.25) is 0 Å². The minimum absolute atomic E-state index is 0.0766. The number of rotatable bonds is 7. The Morgan fingerprint density at radius 2 is 1.51 bits per heavy atom. The van der Waals surface area contributed by atoms with Gasteiger partial charge in [-0.25, -0.2) is 4.79 Å². The van der Waals surface area contributed by atoms with Crippen molar-refractivity contribution in [2.75, 3.05) is 44.2 Å². The molecule has 0 bridgehead atoms. The molecule has 5 heterocycles. The average molecular weight is 701 g/mol. The first-order chi connectivity index (χ1) is 24.5. The second kappa shape index (κ2) is 13.7. The van der Waals surface area contributed by atoms with E-state index in [2.05, 4.69) is 44.6 Å². The van der Waals surface area contributed by atoms with Crippen molar-refractivity contribution >= 4 is 23.6 Å². The minimum atomic E-state index is -0.478. The molecular weight excluding hydrogens is 644 g/mol. The molecule has 0 N–H and O–H groups in total. The second-order valence-corrected chi connectivity index (χ2v) is 17.1. The number of amides is 3. The standard InChI is InChI=1S/C40H56N6O5/c1-26-8-11-34-35(46(26)38(48)27-9-10-27)13-12-33(36(34)50-32-6-5-7-32)29-22-41-45(23-29)30-16-20-43(21-17-30)37(47)28-14-18-42(19-15-28)31-24-44(25-31)39(49)51-40(2,3)4/h12-13,22-23,26-28,30-32H,5-11,14-21,24-25H2,1-4H3/t26-/m0/s1. The highest BCUT2D eigenvalue weighted by atomic mass is 16.6. The first-order valence-electron chi connectivity index (χ1n) is 19.7. The lowest BCUT2D eigenvalue weighted by Crippen LogP contribution is -2.63. The van der Waals surface area contributed by atoms with Crippen LogP contribution >= 0.6 is 0 Å². The maximum atomic E-state index is 13.6. The van der Waals surface area contributed by atoms with Crippen molar-refractivity contribution in [3.63, 3.8) is 0 Å². The zero-order valence-corrected chi connectivity index (χ0v) is 31.0. The van der Waals surface area contributed by atoms with Crippen LogP contribution in [-0.2, 0) is 20.7 Å². The Labute approximate surface area is 302 Å². The van der Waals surface area contributed by atoms with Crippen LogP contribution in [0.3, 0.4) is 0 Å². The zero-order valence-electron chi connectivity index (χ0n) is 31.0. The molecule has 2 saturated carbocycles. The van der Waals surface area contributed by atoms with Crippen LogP contribution in [0.4, 0.5) is 10.5 Å². The average Bonchev–Trinajstić information content (AvgIpc) is 3.81. The highest BCUT2D eigenvalue weighted by Gasteiger charge is 2.41. The second-order valence-electron chi connectivity index (χ2n) is 17.1. The van der Waals surface area contributed by atoms with Crippen molar-refractivity contribution in [2.45, 2.75) is 128 Å². The largest absolute Gasteiger partial charge is 0.489 e. The van der Waals surface area contributed by atoms with Crippen molar-refractivity contribution in [3.05, 3.63) is 30.1 Å². The number of carbonyl (C=O) groups is 3. The number of nitrogens with zero attached hydrogens (tertiary/aromatic N) is 6. The molecule has 0 radical (unpaired) electrons. The van der Waals surface area contributed by atoms with Crippen LogP contribution in [0.25, 0.3) is 11.1 Å². The van der Waals surface area contributed by atoms with E-state index in [9.17, 15) is 14.4 Å². The van der Waals surface area contributed by atoms with E-state index in [1.807, 2.05) is 27.0 Å². The van der Waals surface area contributed by atoms with Gasteiger partial charge in [0.05, 0.1) is 24.0 Å². The Bertz CT molecular complexity index is 1620. The molecule has 2 aliphatic carbocycles. The summed E-state index contributed by atoms with van der Waals surface area (Å²) in [4.78, 5) is 47.7. The monoisotopic (exact) mass is 700 g/mol. The van der Waals surface area contributed by atoms with Crippen LogP contribution in [-0.4, -0.2) is 105 Å². The maximum absolute atomic E-state index is 13.6. The van der Waals surface area contributed by atoms with Gasteiger partial charge >= 0.3 is 6.09 Å². The van der Waals surface area contributed by atoms with Gasteiger partial charge in [0.25, 0.3) is 0 Å². The third-order valence-electron chi connectivity index (χ3n) is 12.2. The predicted octanol–water partition coefficient (Wildman–Crippen LogP) is 6.05. The summed E-state index contributed by atoms with van der Waals surface area (Å²) < 4.78 is 14.4. The topological polar surface area (TPSA) is 100 Å². The van der Waals surface area contributed by atoms with Gasteiger partial charge in [-0.05, 0) is 124 Å². The van der Waals surface area contributed by atoms with E-state index >= 15 is 0 Å². The number of carbonyl (C=O) groups excluding carboxylic acids is 3. The fraction of sp³-hybridized carbons (Fsp3) is 0.700. The lowest BCUT2D eigenvalue weighted by atomic mass is 9.91. The van der Waals surface area contributed by atoms with Gasteiger partial charge in [0.15, 0.2) is 0 Å². The fourth-order valence-electron chi connectivity index (χ4n) is 8.64. The molecule has 1 aromatic heterocycles. The minimum Gasteiger partial charge on any atom is -0.489 e. The summed E-state index contributed by atoms with van der Waals surface area (Å²) in [6.07, 6.45) is 14.9. The molecule has 0 unspecified atom stereocenters. The Balaban J connectivity index is 0.871. The SMILES string of the molecule is C[C@H]1CCc2c(ccc(-c3cnn(C4CCN(C(=O)C5CCN(C6CN(C(=O)OC(C)(C)C)C6)CC5)CC4)c3)c2OC2CCC2)N1C(=O)C1CC1. The molecule has 5 fully saturated rings. The molecule has 1 aromatic carbocycles. The lowest BCUT2D eigenvalue weighted by Gasteiger charge is -2.47. The number of anilines is 1. The van der Waals surface area contributed by atoms with E-state index in [0.717, 1.165) is 113 Å². The Hall–Kier alpha value is -3.60. The number of fused-ring (bicyclic) bond motifs is 1. The van der Waals surface area contributed by atoms with E-state index in [4.69, 9.17) is 14.6 Å². The van der Waals surface area contributed by atoms with Crippen LogP contribution in [0.1, 0.15) is 104 Å². The van der Waals surface area contributed by atoms with Crippen molar-refractivity contribution < 1.29 is 23.9 Å². The summed E-state index contributed by atoms with van der Waals surface area (Å²) in [5.74, 6) is 1.78. The molecule has 2 aromatic rings. The number of benzene rings is 1. The normalized spacial score (nSPS) is 24.2. The van der Waals surface area contributed by atoms with Gasteiger partial charge in [0.2, 0.25) is 11.8 Å². The zero-order chi connectivity index (χ0) is 35.4. The number of hydrogen-bond acceptors (Lipinski definition) is 7. The number of aromatic nitrogens is 2. The Morgan fingerprint density at radius 3 is 2.16 bits per heavy atom. The summed E-state index contributed by atoms with van der Waals surface area (Å²) in [7, 11) is 0. The third kappa shape index (κ3) is 7.11. The highest BCUT2D eigenvalue weighted by Crippen LogP contribution is 2.46. The quantitative estimate of drug-likeness (QED) is 0.347. The van der Waals surface area contributed by atoms with Crippen molar-refractivity contribution in [3.8, 4) is 16.9 Å². The molecule has 4 aliphatic heterocycles. The number of hydrogen-bond donors (Lipinski definition) is 0. The fourth-order valence-corrected chi connectivity index (χ4v) is 8.64. The van der Waals surface area contributed by atoms with E-state index < -0.39 is 5.60 Å². The van der Waals surface area contributed by atoms with Gasteiger partial charge in [-0.1, -0.05) is 0 Å². The molecule has 11 heteroatoms. The maximum Gasteiger partial charge on any atom is 0.410 e. The Morgan fingerprint density at radius 1 is 0.804 bits per heavy atom. The molecule has 276 valence electrons. The summed E-state index contributed by atoms with van der Waals surface area (Å²) in [6.45, 7) is 12.6. The Kier molecular flexibility index (Phi) is 9.30. The molecule has 51 heavy (non-hydrogen) atoms. The summed E-state index contributed by atoms with van der Waals surface area (Å²) >= 11 is 0. The van der Waals surface area contributed by atoms with Crippen LogP contribution in [0.15, 0.2) is 24.5 Å². The van der Waals surface area contributed by atoms with Crippen molar-refractivity contribution in [2.24, 2.45) is 11.8 Å². The van der Waals surface area contributed by atoms with Gasteiger partial charge in [-0.2, -0.15) is 5.10 Å². The van der Waals surface area contributed by atoms with Crippen molar-refractivity contribution in [1.82, 2.24) is 24.5 Å². The molecular formula is C40H56N6O5. The first-order valence-corrected chi connectivity index (χ1v) is 19.7. The van der Waals surface area contributed by atoms with Crippen LogP contribution in [0, 0.1) is 11.8 Å². The molecule has 0 spiro atoms. The predicted molar refractivity (Wildman–Crippen MR) is 195 cm³/mol. The van der Waals surface area contributed by atoms with E-state index in [-0.39, 0.29) is 42.0 Å². The highest BCUT2D eigenvalue weighted by molar-refractivity contribution is 5.99. The molecule has 1 atom stereocenters. The molecule has 3 saturated heterocycles. The van der Waals surface area contributed by atoms with Crippen LogP contribution in [0.5, 0.6) is 5.75 Å². The third-order valence-corrected chi connectivity index (χ3v) is 12.2. The molecule has 6 aliphatic rings. The van der Waals surface area contributed by atoms with Gasteiger partial charge in [-0.15, -0.1) is 0 Å². The van der Waals surface area contributed by atoms with Gasteiger partial charge in [0.1, 0.15) is 11.4 Å². The van der Waals surface area contributed by atoms with Gasteiger partial charge in [-0.3, -0.25) is 19.2 Å². The van der Waals surface area contributed by atoms with Crippen molar-refractivity contribution in [1.29, 1.82) is 0 Å². The number of ether oxygens (including phenoxy) is 2. The van der Waals surface area contributed by atoms with Crippen LogP contribution < -0.4 is 9.64 Å². The first kappa shape index (κ1) is 34.5. The summed E-state index contributed by atoms with van der Waals surface area (Å²) in [5.41, 5.74) is 3.85. The van der Waals surface area contributed by atoms with E-state index in [1.54, 1.807) is 4.90 Å². The number of piperidine rings is 2. The van der Waals surface area contributed by atoms with E-state index in [1.165, 1.54) is 12.0 Å². The van der Waals surface area contributed by atoms with Gasteiger partial charge < -0.3 is 24.2 Å². The summed E-state index contributed by atoms with van der Waals surface area (Å²) in [6, 6.07) is 5.10. The molecule has 11 nitrogen and oxygen atoms in total. The summed E-state index contributed by atoms with van der Waals surface area (Å²) in [5, 5.41) is 4.86. The molecule has 8 rings (SSSR count). The smallest absolute Gasteiger partial charge is 0.410 e.